The van der Waals surface area contributed by atoms with Gasteiger partial charge in [0.15, 0.2) is 5.13 Å². The third-order valence-electron chi connectivity index (χ3n) is 5.67. The van der Waals surface area contributed by atoms with Crippen molar-refractivity contribution in [2.45, 2.75) is 20.4 Å². The number of carbonyl (C=O) groups is 1. The lowest BCUT2D eigenvalue weighted by Crippen LogP contribution is -2.30. The Kier molecular flexibility index (Phi) is 5.00. The van der Waals surface area contributed by atoms with E-state index in [9.17, 15) is 4.79 Å². The zero-order valence-electron chi connectivity index (χ0n) is 17.5. The third kappa shape index (κ3) is 3.71. The van der Waals surface area contributed by atoms with Gasteiger partial charge in [-0.1, -0.05) is 78.1 Å². The fourth-order valence-corrected chi connectivity index (χ4v) is 4.88. The van der Waals surface area contributed by atoms with Crippen LogP contribution < -0.4 is 4.90 Å². The summed E-state index contributed by atoms with van der Waals surface area (Å²) in [6, 6.07) is 28.3. The first-order valence-electron chi connectivity index (χ1n) is 10.3. The lowest BCUT2D eigenvalue weighted by molar-refractivity contribution is 0.0986. The molecule has 3 nitrogen and oxygen atoms in total. The largest absolute Gasteiger partial charge is 0.279 e. The molecule has 5 aromatic rings. The topological polar surface area (TPSA) is 33.2 Å². The molecule has 0 atom stereocenters. The van der Waals surface area contributed by atoms with Crippen molar-refractivity contribution in [2.75, 3.05) is 4.90 Å². The summed E-state index contributed by atoms with van der Waals surface area (Å²) in [5, 5.41) is 2.74. The number of anilines is 1. The molecule has 0 fully saturated rings. The summed E-state index contributed by atoms with van der Waals surface area (Å²) in [5.41, 5.74) is 5.15. The molecule has 1 aromatic heterocycles. The number of nitrogens with zero attached hydrogens (tertiary/aromatic N) is 2. The molecule has 0 N–H and O–H groups in total. The minimum Gasteiger partial charge on any atom is -0.279 e. The molecule has 0 spiro atoms. The summed E-state index contributed by atoms with van der Waals surface area (Å²) >= 11 is 1.57. The quantitative estimate of drug-likeness (QED) is 0.315. The Hall–Kier alpha value is -3.50. The number of benzene rings is 4. The van der Waals surface area contributed by atoms with Crippen LogP contribution in [0.15, 0.2) is 84.9 Å². The van der Waals surface area contributed by atoms with E-state index in [1.54, 1.807) is 11.3 Å². The van der Waals surface area contributed by atoms with Crippen molar-refractivity contribution >= 4 is 43.4 Å². The van der Waals surface area contributed by atoms with Crippen molar-refractivity contribution in [1.29, 1.82) is 0 Å². The Labute approximate surface area is 185 Å². The van der Waals surface area contributed by atoms with E-state index in [0.29, 0.717) is 12.1 Å². The van der Waals surface area contributed by atoms with Crippen molar-refractivity contribution in [3.8, 4) is 0 Å². The minimum absolute atomic E-state index is 0.0341. The average molecular weight is 423 g/mol. The van der Waals surface area contributed by atoms with Gasteiger partial charge < -0.3 is 0 Å². The lowest BCUT2D eigenvalue weighted by atomic mass is 10.0. The molecule has 152 valence electrons. The Morgan fingerprint density at radius 2 is 1.58 bits per heavy atom. The van der Waals surface area contributed by atoms with Crippen molar-refractivity contribution in [3.63, 3.8) is 0 Å². The Balaban J connectivity index is 1.64. The predicted molar refractivity (Wildman–Crippen MR) is 130 cm³/mol. The summed E-state index contributed by atoms with van der Waals surface area (Å²) in [4.78, 5) is 20.5. The van der Waals surface area contributed by atoms with E-state index in [4.69, 9.17) is 4.98 Å². The van der Waals surface area contributed by atoms with Crippen LogP contribution in [-0.4, -0.2) is 10.9 Å². The second-order valence-electron chi connectivity index (χ2n) is 7.80. The summed E-state index contributed by atoms with van der Waals surface area (Å²) in [6.07, 6.45) is 0. The molecule has 1 heterocycles. The van der Waals surface area contributed by atoms with Gasteiger partial charge in [-0.3, -0.25) is 9.69 Å². The molecule has 0 aliphatic rings. The highest BCUT2D eigenvalue weighted by Gasteiger charge is 2.23. The van der Waals surface area contributed by atoms with Gasteiger partial charge >= 0.3 is 0 Å². The minimum atomic E-state index is -0.0341. The van der Waals surface area contributed by atoms with Crippen LogP contribution in [0.1, 0.15) is 27.0 Å². The summed E-state index contributed by atoms with van der Waals surface area (Å²) in [7, 11) is 0. The number of hydrogen-bond donors (Lipinski definition) is 0. The van der Waals surface area contributed by atoms with E-state index in [1.807, 2.05) is 77.7 Å². The molecule has 0 bridgehead atoms. The van der Waals surface area contributed by atoms with Gasteiger partial charge in [0.25, 0.3) is 5.91 Å². The first-order chi connectivity index (χ1) is 15.1. The molecule has 4 aromatic carbocycles. The second-order valence-corrected chi connectivity index (χ2v) is 8.81. The lowest BCUT2D eigenvalue weighted by Gasteiger charge is -2.21. The van der Waals surface area contributed by atoms with Gasteiger partial charge in [-0.05, 0) is 59.5 Å². The van der Waals surface area contributed by atoms with Crippen LogP contribution in [0.4, 0.5) is 5.13 Å². The van der Waals surface area contributed by atoms with Crippen molar-refractivity contribution in [3.05, 3.63) is 107 Å². The Bertz CT molecular complexity index is 1360. The van der Waals surface area contributed by atoms with Gasteiger partial charge in [-0.15, -0.1) is 0 Å². The number of aromatic nitrogens is 1. The molecule has 0 radical (unpaired) electrons. The van der Waals surface area contributed by atoms with Gasteiger partial charge in [0, 0.05) is 5.56 Å². The van der Waals surface area contributed by atoms with Gasteiger partial charge in [0.1, 0.15) is 0 Å². The first kappa shape index (κ1) is 19.5. The Morgan fingerprint density at radius 3 is 2.42 bits per heavy atom. The smallest absolute Gasteiger partial charge is 0.261 e. The second kappa shape index (κ2) is 7.97. The standard InChI is InChI=1S/C27H22N2OS/c1-18-15-24-25(16-19(18)2)31-27(28-24)29(17-20-9-4-3-5-10-20)26(30)23-14-8-12-21-11-6-7-13-22(21)23/h3-16H,17H2,1-2H3. The molecule has 0 unspecified atom stereocenters. The van der Waals surface area contributed by atoms with E-state index >= 15 is 0 Å². The highest BCUT2D eigenvalue weighted by atomic mass is 32.1. The first-order valence-corrected chi connectivity index (χ1v) is 11.1. The summed E-state index contributed by atoms with van der Waals surface area (Å²) in [6.45, 7) is 4.68. The van der Waals surface area contributed by atoms with Crippen molar-refractivity contribution in [2.24, 2.45) is 0 Å². The van der Waals surface area contributed by atoms with Gasteiger partial charge in [-0.25, -0.2) is 4.98 Å². The average Bonchev–Trinajstić information content (AvgIpc) is 3.20. The number of fused-ring (bicyclic) bond motifs is 2. The molecule has 0 saturated carbocycles. The monoisotopic (exact) mass is 422 g/mol. The normalized spacial score (nSPS) is 11.2. The molecule has 0 aliphatic carbocycles. The van der Waals surface area contributed by atoms with Crippen LogP contribution in [0.3, 0.4) is 0 Å². The number of aryl methyl sites for hydroxylation is 2. The zero-order valence-corrected chi connectivity index (χ0v) is 18.3. The molecule has 31 heavy (non-hydrogen) atoms. The van der Waals surface area contributed by atoms with Crippen molar-refractivity contribution in [1.82, 2.24) is 4.98 Å². The van der Waals surface area contributed by atoms with Crippen LogP contribution >= 0.6 is 11.3 Å². The van der Waals surface area contributed by atoms with Crippen LogP contribution in [-0.2, 0) is 6.54 Å². The van der Waals surface area contributed by atoms with Crippen LogP contribution in [0.25, 0.3) is 21.0 Å². The number of hydrogen-bond acceptors (Lipinski definition) is 3. The van der Waals surface area contributed by atoms with Crippen LogP contribution in [0.5, 0.6) is 0 Å². The van der Waals surface area contributed by atoms with Gasteiger partial charge in [-0.2, -0.15) is 0 Å². The number of amides is 1. The van der Waals surface area contributed by atoms with E-state index in [-0.39, 0.29) is 5.91 Å². The molecule has 4 heteroatoms. The highest BCUT2D eigenvalue weighted by molar-refractivity contribution is 7.22. The fraction of sp³-hybridized carbons (Fsp3) is 0.111. The maximum Gasteiger partial charge on any atom is 0.261 e. The third-order valence-corrected chi connectivity index (χ3v) is 6.71. The van der Waals surface area contributed by atoms with Crippen LogP contribution in [0.2, 0.25) is 0 Å². The number of rotatable bonds is 4. The van der Waals surface area contributed by atoms with Gasteiger partial charge in [0.2, 0.25) is 0 Å². The molecular formula is C27H22N2OS. The SMILES string of the molecule is Cc1cc2nc(N(Cc3ccccc3)C(=O)c3cccc4ccccc34)sc2cc1C. The predicted octanol–water partition coefficient (Wildman–Crippen LogP) is 6.91. The molecule has 0 aliphatic heterocycles. The maximum absolute atomic E-state index is 13.9. The van der Waals surface area contributed by atoms with E-state index in [0.717, 1.165) is 31.7 Å². The van der Waals surface area contributed by atoms with E-state index < -0.39 is 0 Å². The summed E-state index contributed by atoms with van der Waals surface area (Å²) in [5.74, 6) is -0.0341. The molecule has 1 amide bonds. The highest BCUT2D eigenvalue weighted by Crippen LogP contribution is 2.33. The molecule has 5 rings (SSSR count). The van der Waals surface area contributed by atoms with E-state index in [2.05, 4.69) is 26.0 Å². The van der Waals surface area contributed by atoms with Gasteiger partial charge in [0.05, 0.1) is 16.8 Å². The van der Waals surface area contributed by atoms with E-state index in [1.165, 1.54) is 11.1 Å². The maximum atomic E-state index is 13.9. The number of thiazole rings is 1. The Morgan fingerprint density at radius 1 is 0.871 bits per heavy atom. The molecular weight excluding hydrogens is 400 g/mol. The molecule has 0 saturated heterocycles. The fourth-order valence-electron chi connectivity index (χ4n) is 3.83. The summed E-state index contributed by atoms with van der Waals surface area (Å²) < 4.78 is 1.10. The zero-order chi connectivity index (χ0) is 21.4. The van der Waals surface area contributed by atoms with Crippen LogP contribution in [0, 0.1) is 13.8 Å². The van der Waals surface area contributed by atoms with Crippen molar-refractivity contribution < 1.29 is 4.79 Å². The number of carbonyl (C=O) groups excluding carboxylic acids is 1.